The van der Waals surface area contributed by atoms with Crippen molar-refractivity contribution in [2.45, 2.75) is 36.9 Å². The Morgan fingerprint density at radius 3 is 2.35 bits per heavy atom. The van der Waals surface area contributed by atoms with Gasteiger partial charge in [0.1, 0.15) is 24.1 Å². The molecule has 2 aromatic rings. The third-order valence-electron chi connectivity index (χ3n) is 5.60. The van der Waals surface area contributed by atoms with Gasteiger partial charge in [-0.15, -0.1) is 11.8 Å². The maximum Gasteiger partial charge on any atom is 0.410 e. The molecule has 3 atom stereocenters. The van der Waals surface area contributed by atoms with Gasteiger partial charge >= 0.3 is 12.1 Å². The van der Waals surface area contributed by atoms with Crippen molar-refractivity contribution >= 4 is 29.7 Å². The van der Waals surface area contributed by atoms with Gasteiger partial charge in [0, 0.05) is 12.3 Å². The fourth-order valence-electron chi connectivity index (χ4n) is 4.06. The number of amides is 2. The molecule has 2 aliphatic heterocycles. The molecule has 8 heteroatoms. The highest BCUT2D eigenvalue weighted by Crippen LogP contribution is 2.42. The molecule has 0 aromatic heterocycles. The molecule has 2 fully saturated rings. The zero-order valence-corrected chi connectivity index (χ0v) is 17.7. The predicted molar refractivity (Wildman–Crippen MR) is 116 cm³/mol. The van der Waals surface area contributed by atoms with Crippen LogP contribution >= 0.6 is 11.8 Å². The SMILES string of the molecule is O=C(O)[C@@H]1CSC(c2ccccc2)N1C(=O)[C@@H]1CCCN1C(=O)OCc1ccccc1. The summed E-state index contributed by atoms with van der Waals surface area (Å²) in [7, 11) is 0. The highest BCUT2D eigenvalue weighted by Gasteiger charge is 2.47. The molecule has 0 bridgehead atoms. The number of aliphatic carboxylic acids is 1. The maximum atomic E-state index is 13.5. The van der Waals surface area contributed by atoms with Gasteiger partial charge in [-0.25, -0.2) is 9.59 Å². The fourth-order valence-corrected chi connectivity index (χ4v) is 5.49. The number of carbonyl (C=O) groups excluding carboxylic acids is 2. The molecule has 0 saturated carbocycles. The number of rotatable bonds is 5. The normalized spacial score (nSPS) is 23.0. The lowest BCUT2D eigenvalue weighted by Gasteiger charge is -2.33. The smallest absolute Gasteiger partial charge is 0.410 e. The van der Waals surface area contributed by atoms with Crippen molar-refractivity contribution in [3.05, 3.63) is 71.8 Å². The summed E-state index contributed by atoms with van der Waals surface area (Å²) >= 11 is 1.43. The van der Waals surface area contributed by atoms with Gasteiger partial charge in [0.15, 0.2) is 0 Å². The minimum atomic E-state index is -1.03. The molecule has 1 N–H and O–H groups in total. The summed E-state index contributed by atoms with van der Waals surface area (Å²) in [6, 6.07) is 17.1. The van der Waals surface area contributed by atoms with Crippen LogP contribution in [0, 0.1) is 0 Å². The van der Waals surface area contributed by atoms with Crippen molar-refractivity contribution < 1.29 is 24.2 Å². The Morgan fingerprint density at radius 2 is 1.68 bits per heavy atom. The highest BCUT2D eigenvalue weighted by molar-refractivity contribution is 7.99. The number of thioether (sulfide) groups is 1. The van der Waals surface area contributed by atoms with Gasteiger partial charge in [0.2, 0.25) is 5.91 Å². The second-order valence-electron chi connectivity index (χ2n) is 7.59. The molecule has 2 amide bonds. The summed E-state index contributed by atoms with van der Waals surface area (Å²) in [5.74, 6) is -1.05. The summed E-state index contributed by atoms with van der Waals surface area (Å²) in [5.41, 5.74) is 1.74. The Balaban J connectivity index is 1.51. The first kappa shape index (κ1) is 21.2. The lowest BCUT2D eigenvalue weighted by molar-refractivity contribution is -0.151. The fraction of sp³-hybridized carbons (Fsp3) is 0.348. The molecule has 1 unspecified atom stereocenters. The van der Waals surface area contributed by atoms with Gasteiger partial charge in [0.25, 0.3) is 0 Å². The van der Waals surface area contributed by atoms with Gasteiger partial charge < -0.3 is 14.7 Å². The van der Waals surface area contributed by atoms with Crippen molar-refractivity contribution in [3.8, 4) is 0 Å². The Bertz CT molecular complexity index is 939. The average Bonchev–Trinajstić information content (AvgIpc) is 3.46. The van der Waals surface area contributed by atoms with Gasteiger partial charge in [-0.3, -0.25) is 9.69 Å². The van der Waals surface area contributed by atoms with Crippen molar-refractivity contribution in [2.24, 2.45) is 0 Å². The number of carboxylic acid groups (broad SMARTS) is 1. The van der Waals surface area contributed by atoms with Crippen molar-refractivity contribution in [1.29, 1.82) is 0 Å². The van der Waals surface area contributed by atoms with Crippen LogP contribution in [0.2, 0.25) is 0 Å². The minimum Gasteiger partial charge on any atom is -0.480 e. The first-order chi connectivity index (χ1) is 15.1. The van der Waals surface area contributed by atoms with E-state index in [9.17, 15) is 19.5 Å². The molecular formula is C23H24N2O5S. The van der Waals surface area contributed by atoms with E-state index in [4.69, 9.17) is 4.74 Å². The van der Waals surface area contributed by atoms with E-state index in [0.717, 1.165) is 11.1 Å². The molecule has 7 nitrogen and oxygen atoms in total. The molecule has 0 radical (unpaired) electrons. The van der Waals surface area contributed by atoms with Crippen LogP contribution in [0.4, 0.5) is 4.79 Å². The monoisotopic (exact) mass is 440 g/mol. The van der Waals surface area contributed by atoms with E-state index in [-0.39, 0.29) is 12.5 Å². The van der Waals surface area contributed by atoms with Crippen LogP contribution in [0.15, 0.2) is 60.7 Å². The topological polar surface area (TPSA) is 87.2 Å². The van der Waals surface area contributed by atoms with E-state index < -0.39 is 29.5 Å². The summed E-state index contributed by atoms with van der Waals surface area (Å²) < 4.78 is 5.44. The molecule has 31 heavy (non-hydrogen) atoms. The summed E-state index contributed by atoms with van der Waals surface area (Å²) in [6.07, 6.45) is 0.620. The Morgan fingerprint density at radius 1 is 1.00 bits per heavy atom. The second kappa shape index (κ2) is 9.43. The summed E-state index contributed by atoms with van der Waals surface area (Å²) in [5, 5.41) is 9.32. The molecule has 0 spiro atoms. The number of likely N-dealkylation sites (tertiary alicyclic amines) is 1. The Hall–Kier alpha value is -3.00. The van der Waals surface area contributed by atoms with Crippen molar-refractivity contribution in [3.63, 3.8) is 0 Å². The van der Waals surface area contributed by atoms with Gasteiger partial charge in [0.05, 0.1) is 0 Å². The molecule has 2 aromatic carbocycles. The van der Waals surface area contributed by atoms with Crippen molar-refractivity contribution in [1.82, 2.24) is 9.80 Å². The molecule has 162 valence electrons. The first-order valence-electron chi connectivity index (χ1n) is 10.2. The van der Waals surface area contributed by atoms with E-state index in [2.05, 4.69) is 0 Å². The minimum absolute atomic E-state index is 0.126. The number of benzene rings is 2. The number of hydrogen-bond donors (Lipinski definition) is 1. The third-order valence-corrected chi connectivity index (χ3v) is 6.93. The third kappa shape index (κ3) is 4.54. The van der Waals surface area contributed by atoms with Crippen LogP contribution in [-0.2, 0) is 20.9 Å². The van der Waals surface area contributed by atoms with Gasteiger partial charge in [-0.2, -0.15) is 0 Å². The zero-order chi connectivity index (χ0) is 21.8. The standard InChI is InChI=1S/C23H24N2O5S/c26-20(25-19(22(27)28)15-31-21(25)17-10-5-2-6-11-17)18-12-7-13-24(18)23(29)30-14-16-8-3-1-4-9-16/h1-6,8-11,18-19,21H,7,12-15H2,(H,27,28)/t18-,19-,21?/m0/s1. The molecule has 4 rings (SSSR count). The van der Waals surface area contributed by atoms with E-state index in [1.165, 1.54) is 21.6 Å². The Labute approximate surface area is 185 Å². The molecule has 2 heterocycles. The molecule has 2 aliphatic rings. The van der Waals surface area contributed by atoms with Crippen LogP contribution in [0.1, 0.15) is 29.3 Å². The largest absolute Gasteiger partial charge is 0.480 e. The predicted octanol–water partition coefficient (Wildman–Crippen LogP) is 3.52. The summed E-state index contributed by atoms with van der Waals surface area (Å²) in [6.45, 7) is 0.541. The molecular weight excluding hydrogens is 416 g/mol. The molecule has 2 saturated heterocycles. The summed E-state index contributed by atoms with van der Waals surface area (Å²) in [4.78, 5) is 41.0. The Kier molecular flexibility index (Phi) is 6.46. The maximum absolute atomic E-state index is 13.5. The van der Waals surface area contributed by atoms with Gasteiger partial charge in [-0.1, -0.05) is 60.7 Å². The number of ether oxygens (including phenoxy) is 1. The van der Waals surface area contributed by atoms with E-state index in [1.807, 2.05) is 60.7 Å². The first-order valence-corrected chi connectivity index (χ1v) is 11.3. The lowest BCUT2D eigenvalue weighted by atomic mass is 10.1. The molecule has 0 aliphatic carbocycles. The van der Waals surface area contributed by atoms with Crippen molar-refractivity contribution in [2.75, 3.05) is 12.3 Å². The number of carbonyl (C=O) groups is 3. The van der Waals surface area contributed by atoms with E-state index in [0.29, 0.717) is 25.1 Å². The van der Waals surface area contributed by atoms with Crippen LogP contribution in [0.5, 0.6) is 0 Å². The number of nitrogens with zero attached hydrogens (tertiary/aromatic N) is 2. The lowest BCUT2D eigenvalue weighted by Crippen LogP contribution is -2.52. The van der Waals surface area contributed by atoms with E-state index >= 15 is 0 Å². The van der Waals surface area contributed by atoms with Crippen LogP contribution in [0.3, 0.4) is 0 Å². The van der Waals surface area contributed by atoms with E-state index in [1.54, 1.807) is 0 Å². The number of carboxylic acids is 1. The average molecular weight is 441 g/mol. The number of hydrogen-bond acceptors (Lipinski definition) is 5. The van der Waals surface area contributed by atoms with Crippen LogP contribution < -0.4 is 0 Å². The zero-order valence-electron chi connectivity index (χ0n) is 16.9. The second-order valence-corrected chi connectivity index (χ2v) is 8.70. The van der Waals surface area contributed by atoms with Crippen LogP contribution in [0.25, 0.3) is 0 Å². The quantitative estimate of drug-likeness (QED) is 0.766. The van der Waals surface area contributed by atoms with Crippen LogP contribution in [-0.4, -0.2) is 57.3 Å². The highest BCUT2D eigenvalue weighted by atomic mass is 32.2. The van der Waals surface area contributed by atoms with Gasteiger partial charge in [-0.05, 0) is 24.0 Å².